The highest BCUT2D eigenvalue weighted by Crippen LogP contribution is 2.27. The SMILES string of the molecule is Cc1nn(C)c(C)c1CCC(O)c1ccsc1C. The lowest BCUT2D eigenvalue weighted by molar-refractivity contribution is 0.167. The summed E-state index contributed by atoms with van der Waals surface area (Å²) in [6.45, 7) is 6.17. The van der Waals surface area contributed by atoms with Crippen molar-refractivity contribution >= 4 is 11.3 Å². The molecule has 0 bridgehead atoms. The van der Waals surface area contributed by atoms with Gasteiger partial charge in [-0.15, -0.1) is 11.3 Å². The summed E-state index contributed by atoms with van der Waals surface area (Å²) in [6, 6.07) is 2.02. The van der Waals surface area contributed by atoms with Crippen LogP contribution in [0.4, 0.5) is 0 Å². The van der Waals surface area contributed by atoms with Gasteiger partial charge >= 0.3 is 0 Å². The van der Waals surface area contributed by atoms with Gasteiger partial charge in [0.1, 0.15) is 0 Å². The van der Waals surface area contributed by atoms with Gasteiger partial charge in [0, 0.05) is 17.6 Å². The Bertz CT molecular complexity index is 542. The molecule has 2 aromatic rings. The summed E-state index contributed by atoms with van der Waals surface area (Å²) < 4.78 is 1.91. The van der Waals surface area contributed by atoms with Crippen molar-refractivity contribution in [2.75, 3.05) is 0 Å². The van der Waals surface area contributed by atoms with E-state index in [1.54, 1.807) is 11.3 Å². The number of aromatic nitrogens is 2. The molecule has 2 rings (SSSR count). The average Bonchev–Trinajstić information content (AvgIpc) is 2.83. The van der Waals surface area contributed by atoms with E-state index in [1.165, 1.54) is 16.1 Å². The van der Waals surface area contributed by atoms with Crippen LogP contribution in [0.2, 0.25) is 0 Å². The van der Waals surface area contributed by atoms with Gasteiger partial charge in [0.05, 0.1) is 11.8 Å². The summed E-state index contributed by atoms with van der Waals surface area (Å²) in [5.41, 5.74) is 4.61. The zero-order valence-corrected chi connectivity index (χ0v) is 12.2. The first-order chi connectivity index (χ1) is 8.50. The van der Waals surface area contributed by atoms with Crippen molar-refractivity contribution in [1.82, 2.24) is 9.78 Å². The lowest BCUT2D eigenvalue weighted by Crippen LogP contribution is -2.01. The van der Waals surface area contributed by atoms with Crippen LogP contribution in [0.25, 0.3) is 0 Å². The Kier molecular flexibility index (Phi) is 3.88. The van der Waals surface area contributed by atoms with Gasteiger partial charge in [0.2, 0.25) is 0 Å². The molecule has 0 aromatic carbocycles. The van der Waals surface area contributed by atoms with Crippen LogP contribution in [0.1, 0.15) is 39.9 Å². The number of hydrogen-bond acceptors (Lipinski definition) is 3. The van der Waals surface area contributed by atoms with Crippen molar-refractivity contribution < 1.29 is 5.11 Å². The second-order valence-electron chi connectivity index (χ2n) is 4.76. The maximum atomic E-state index is 10.2. The Labute approximate surface area is 112 Å². The van der Waals surface area contributed by atoms with E-state index in [-0.39, 0.29) is 6.10 Å². The van der Waals surface area contributed by atoms with Gasteiger partial charge in [0.25, 0.3) is 0 Å². The highest BCUT2D eigenvalue weighted by molar-refractivity contribution is 7.10. The molecular formula is C14H20N2OS. The maximum absolute atomic E-state index is 10.2. The van der Waals surface area contributed by atoms with Crippen molar-refractivity contribution in [2.45, 2.75) is 39.7 Å². The molecule has 0 spiro atoms. The molecule has 1 unspecified atom stereocenters. The average molecular weight is 264 g/mol. The van der Waals surface area contributed by atoms with E-state index in [4.69, 9.17) is 0 Å². The minimum absolute atomic E-state index is 0.366. The molecule has 18 heavy (non-hydrogen) atoms. The quantitative estimate of drug-likeness (QED) is 0.921. The molecular weight excluding hydrogens is 244 g/mol. The lowest BCUT2D eigenvalue weighted by atomic mass is 10.0. The van der Waals surface area contributed by atoms with E-state index in [0.717, 1.165) is 24.1 Å². The van der Waals surface area contributed by atoms with Gasteiger partial charge in [-0.3, -0.25) is 4.68 Å². The minimum Gasteiger partial charge on any atom is -0.388 e. The van der Waals surface area contributed by atoms with Gasteiger partial charge in [-0.05, 0) is 56.2 Å². The van der Waals surface area contributed by atoms with Crippen LogP contribution in [0.3, 0.4) is 0 Å². The van der Waals surface area contributed by atoms with Crippen LogP contribution in [0, 0.1) is 20.8 Å². The Morgan fingerprint density at radius 1 is 1.39 bits per heavy atom. The molecule has 0 aliphatic carbocycles. The first kappa shape index (κ1) is 13.3. The van der Waals surface area contributed by atoms with Crippen molar-refractivity contribution in [3.8, 4) is 0 Å². The number of rotatable bonds is 4. The van der Waals surface area contributed by atoms with E-state index in [2.05, 4.69) is 18.9 Å². The predicted octanol–water partition coefficient (Wildman–Crippen LogP) is 3.07. The summed E-state index contributed by atoms with van der Waals surface area (Å²) in [5.74, 6) is 0. The molecule has 0 fully saturated rings. The normalized spacial score (nSPS) is 12.9. The predicted molar refractivity (Wildman–Crippen MR) is 75.0 cm³/mol. The molecule has 0 amide bonds. The molecule has 0 aliphatic rings. The second-order valence-corrected chi connectivity index (χ2v) is 5.88. The van der Waals surface area contributed by atoms with Crippen molar-refractivity contribution in [1.29, 1.82) is 0 Å². The molecule has 2 heterocycles. The molecule has 0 saturated heterocycles. The van der Waals surface area contributed by atoms with Crippen LogP contribution < -0.4 is 0 Å². The number of aliphatic hydroxyl groups excluding tert-OH is 1. The highest BCUT2D eigenvalue weighted by atomic mass is 32.1. The monoisotopic (exact) mass is 264 g/mol. The first-order valence-electron chi connectivity index (χ1n) is 6.21. The standard InChI is InChI=1S/C14H20N2OS/c1-9-12(10(2)16(4)15-9)5-6-14(17)13-7-8-18-11(13)3/h7-8,14,17H,5-6H2,1-4H3. The number of aliphatic hydroxyl groups is 1. The molecule has 1 atom stereocenters. The zero-order valence-electron chi connectivity index (χ0n) is 11.4. The van der Waals surface area contributed by atoms with E-state index >= 15 is 0 Å². The fraction of sp³-hybridized carbons (Fsp3) is 0.500. The third-order valence-electron chi connectivity index (χ3n) is 3.58. The van der Waals surface area contributed by atoms with Crippen LogP contribution in [-0.4, -0.2) is 14.9 Å². The van der Waals surface area contributed by atoms with E-state index in [1.807, 2.05) is 30.1 Å². The first-order valence-corrected chi connectivity index (χ1v) is 7.09. The van der Waals surface area contributed by atoms with Crippen LogP contribution in [0.15, 0.2) is 11.4 Å². The molecule has 3 nitrogen and oxygen atoms in total. The third kappa shape index (κ3) is 2.49. The molecule has 0 radical (unpaired) electrons. The van der Waals surface area contributed by atoms with E-state index in [9.17, 15) is 5.11 Å². The van der Waals surface area contributed by atoms with Gasteiger partial charge < -0.3 is 5.11 Å². The highest BCUT2D eigenvalue weighted by Gasteiger charge is 2.14. The van der Waals surface area contributed by atoms with Crippen LogP contribution in [-0.2, 0) is 13.5 Å². The zero-order chi connectivity index (χ0) is 13.3. The summed E-state index contributed by atoms with van der Waals surface area (Å²) >= 11 is 1.69. The van der Waals surface area contributed by atoms with Crippen LogP contribution in [0.5, 0.6) is 0 Å². The Morgan fingerprint density at radius 3 is 2.61 bits per heavy atom. The number of hydrogen-bond donors (Lipinski definition) is 1. The van der Waals surface area contributed by atoms with Gasteiger partial charge in [0.15, 0.2) is 0 Å². The van der Waals surface area contributed by atoms with Gasteiger partial charge in [-0.1, -0.05) is 0 Å². The molecule has 4 heteroatoms. The molecule has 1 N–H and O–H groups in total. The number of nitrogens with zero attached hydrogens (tertiary/aromatic N) is 2. The number of thiophene rings is 1. The van der Waals surface area contributed by atoms with Crippen molar-refractivity contribution in [2.24, 2.45) is 7.05 Å². The molecule has 0 aliphatic heterocycles. The Balaban J connectivity index is 2.06. The van der Waals surface area contributed by atoms with E-state index < -0.39 is 0 Å². The fourth-order valence-corrected chi connectivity index (χ4v) is 3.12. The van der Waals surface area contributed by atoms with E-state index in [0.29, 0.717) is 0 Å². The molecule has 2 aromatic heterocycles. The summed E-state index contributed by atoms with van der Waals surface area (Å²) in [5, 5.41) is 16.7. The van der Waals surface area contributed by atoms with Gasteiger partial charge in [-0.2, -0.15) is 5.10 Å². The Morgan fingerprint density at radius 2 is 2.11 bits per heavy atom. The second kappa shape index (κ2) is 5.24. The van der Waals surface area contributed by atoms with Crippen LogP contribution >= 0.6 is 11.3 Å². The molecule has 0 saturated carbocycles. The van der Waals surface area contributed by atoms with Gasteiger partial charge in [-0.25, -0.2) is 0 Å². The largest absolute Gasteiger partial charge is 0.388 e. The fourth-order valence-electron chi connectivity index (χ4n) is 2.36. The Hall–Kier alpha value is -1.13. The molecule has 98 valence electrons. The topological polar surface area (TPSA) is 38.0 Å². The summed E-state index contributed by atoms with van der Waals surface area (Å²) in [6.07, 6.45) is 1.27. The smallest absolute Gasteiger partial charge is 0.0803 e. The minimum atomic E-state index is -0.366. The summed E-state index contributed by atoms with van der Waals surface area (Å²) in [4.78, 5) is 1.21. The lowest BCUT2D eigenvalue weighted by Gasteiger charge is -2.10. The summed E-state index contributed by atoms with van der Waals surface area (Å²) in [7, 11) is 1.96. The number of aryl methyl sites for hydroxylation is 3. The third-order valence-corrected chi connectivity index (χ3v) is 4.45. The van der Waals surface area contributed by atoms with Crippen molar-refractivity contribution in [3.63, 3.8) is 0 Å². The van der Waals surface area contributed by atoms with Crippen molar-refractivity contribution in [3.05, 3.63) is 38.8 Å². The maximum Gasteiger partial charge on any atom is 0.0803 e.